The van der Waals surface area contributed by atoms with Crippen molar-refractivity contribution < 1.29 is 22.7 Å². The molecule has 1 aliphatic carbocycles. The molecule has 1 heterocycles. The Morgan fingerprint density at radius 1 is 1.12 bits per heavy atom. The highest BCUT2D eigenvalue weighted by atomic mass is 35.5. The number of rotatable bonds is 11. The van der Waals surface area contributed by atoms with Crippen LogP contribution in [0.15, 0.2) is 60.2 Å². The van der Waals surface area contributed by atoms with Crippen molar-refractivity contribution in [1.29, 1.82) is 0 Å². The molecule has 0 unspecified atom stereocenters. The molecule has 3 N–H and O–H groups in total. The minimum absolute atomic E-state index is 0.0738. The Kier molecular flexibility index (Phi) is 10.4. The van der Waals surface area contributed by atoms with E-state index in [4.69, 9.17) is 22.1 Å². The van der Waals surface area contributed by atoms with Crippen LogP contribution in [0.2, 0.25) is 5.02 Å². The van der Waals surface area contributed by atoms with Gasteiger partial charge in [0.1, 0.15) is 6.04 Å². The number of ether oxygens (including phenoxy) is 1. The van der Waals surface area contributed by atoms with E-state index >= 15 is 0 Å². The van der Waals surface area contributed by atoms with E-state index in [1.54, 1.807) is 50.1 Å². The van der Waals surface area contributed by atoms with Gasteiger partial charge in [0.25, 0.3) is 0 Å². The number of hydrogen-bond acceptors (Lipinski definition) is 6. The first-order chi connectivity index (χ1) is 20.3. The molecule has 2 aromatic rings. The van der Waals surface area contributed by atoms with E-state index in [0.717, 1.165) is 24.8 Å². The van der Waals surface area contributed by atoms with Crippen molar-refractivity contribution in [2.24, 2.45) is 5.73 Å². The van der Waals surface area contributed by atoms with Crippen molar-refractivity contribution in [3.63, 3.8) is 0 Å². The largest absolute Gasteiger partial charge is 0.374 e. The monoisotopic (exact) mass is 630 g/mol. The Labute approximate surface area is 260 Å². The Morgan fingerprint density at radius 3 is 2.40 bits per heavy atom. The topological polar surface area (TPSA) is 122 Å². The number of amides is 2. The molecule has 2 amide bonds. The van der Waals surface area contributed by atoms with Gasteiger partial charge in [-0.05, 0) is 62.4 Å². The van der Waals surface area contributed by atoms with Crippen LogP contribution in [-0.2, 0) is 31.0 Å². The van der Waals surface area contributed by atoms with Gasteiger partial charge >= 0.3 is 0 Å². The van der Waals surface area contributed by atoms with Crippen molar-refractivity contribution in [2.75, 3.05) is 26.7 Å². The van der Waals surface area contributed by atoms with Crippen LogP contribution < -0.4 is 11.1 Å². The minimum Gasteiger partial charge on any atom is -0.374 e. The number of nitrogens with two attached hydrogens (primary N) is 1. The summed E-state index contributed by atoms with van der Waals surface area (Å²) in [4.78, 5) is 28.9. The molecule has 43 heavy (non-hydrogen) atoms. The van der Waals surface area contributed by atoms with Crippen LogP contribution in [0.25, 0.3) is 4.91 Å². The predicted octanol–water partition coefficient (Wildman–Crippen LogP) is 4.32. The number of nitrogens with zero attached hydrogens (tertiary/aromatic N) is 2. The second kappa shape index (κ2) is 13.5. The summed E-state index contributed by atoms with van der Waals surface area (Å²) in [5.74, 6) is -0.861. The minimum atomic E-state index is -3.87. The maximum Gasteiger partial charge on any atom is 0.247 e. The lowest BCUT2D eigenvalue weighted by atomic mass is 9.75. The second-order valence-corrected chi connectivity index (χ2v) is 14.3. The van der Waals surface area contributed by atoms with Crippen LogP contribution in [0.3, 0.4) is 0 Å². The number of carbonyl (C=O) groups excluding carboxylic acids is 2. The summed E-state index contributed by atoms with van der Waals surface area (Å²) in [6, 6.07) is 15.4. The molecule has 2 aliphatic rings. The molecule has 0 saturated heterocycles. The van der Waals surface area contributed by atoms with Crippen LogP contribution in [-0.4, -0.2) is 73.3 Å². The smallest absolute Gasteiger partial charge is 0.247 e. The first kappa shape index (κ1) is 33.1. The summed E-state index contributed by atoms with van der Waals surface area (Å²) in [5.41, 5.74) is 6.21. The van der Waals surface area contributed by atoms with Crippen molar-refractivity contribution in [2.45, 2.75) is 76.6 Å². The molecule has 9 nitrogen and oxygen atoms in total. The lowest BCUT2D eigenvalue weighted by Crippen LogP contribution is -2.58. The summed E-state index contributed by atoms with van der Waals surface area (Å²) >= 11 is 6.32. The third-order valence-electron chi connectivity index (χ3n) is 8.45. The van der Waals surface area contributed by atoms with Gasteiger partial charge in [0, 0.05) is 25.2 Å². The summed E-state index contributed by atoms with van der Waals surface area (Å²) < 4.78 is 35.5. The molecule has 4 rings (SSSR count). The van der Waals surface area contributed by atoms with E-state index in [9.17, 15) is 18.0 Å². The molecule has 1 aliphatic heterocycles. The highest BCUT2D eigenvalue weighted by Crippen LogP contribution is 2.51. The van der Waals surface area contributed by atoms with Gasteiger partial charge in [0.2, 0.25) is 21.8 Å². The molecule has 1 atom stereocenters. The number of likely N-dealkylation sites (N-methyl/N-ethyl adjacent to an activating group) is 2. The highest BCUT2D eigenvalue weighted by Gasteiger charge is 2.54. The average molecular weight is 631 g/mol. The standard InChI is InChI=1S/C32H43ClN4O5S/c1-5-37(29(38)27(35-30(39)31(2,3)34)22-42-21-23-13-8-6-9-14-23)20-26-28(24-15-12-16-25(33)19-24)43(40,41)36(4)32(26)17-10-7-11-18-32/h6,8-9,12-16,19,27H,5,7,10-11,17-18,20-22,34H2,1-4H3,(H,35,39)/t27-/m1/s1. The van der Waals surface area contributed by atoms with Gasteiger partial charge in [-0.25, -0.2) is 8.42 Å². The van der Waals surface area contributed by atoms with E-state index in [0.29, 0.717) is 35.5 Å². The average Bonchev–Trinajstić information content (AvgIpc) is 3.12. The third-order valence-corrected chi connectivity index (χ3v) is 10.8. The fourth-order valence-corrected chi connectivity index (χ4v) is 8.20. The summed E-state index contributed by atoms with van der Waals surface area (Å²) in [5, 5.41) is 3.22. The van der Waals surface area contributed by atoms with Crippen molar-refractivity contribution in [3.05, 3.63) is 76.3 Å². The highest BCUT2D eigenvalue weighted by molar-refractivity contribution is 7.98. The van der Waals surface area contributed by atoms with Gasteiger partial charge in [0.15, 0.2) is 0 Å². The fraction of sp³-hybridized carbons (Fsp3) is 0.500. The molecule has 11 heteroatoms. The van der Waals surface area contributed by atoms with Crippen molar-refractivity contribution in [1.82, 2.24) is 14.5 Å². The van der Waals surface area contributed by atoms with Crippen molar-refractivity contribution >= 4 is 38.3 Å². The van der Waals surface area contributed by atoms with Gasteiger partial charge in [-0.15, -0.1) is 0 Å². The SMILES string of the molecule is CCN(CC1=C(c2cccc(Cl)c2)S(=O)(=O)N(C)C12CCCCC2)C(=O)[C@@H](COCc1ccccc1)NC(=O)C(C)(C)N. The van der Waals surface area contributed by atoms with E-state index in [2.05, 4.69) is 5.32 Å². The van der Waals surface area contributed by atoms with Gasteiger partial charge in [-0.2, -0.15) is 4.31 Å². The number of halogens is 1. The van der Waals surface area contributed by atoms with Gasteiger partial charge in [-0.1, -0.05) is 73.3 Å². The van der Waals surface area contributed by atoms with Crippen LogP contribution >= 0.6 is 11.6 Å². The zero-order valence-corrected chi connectivity index (χ0v) is 27.0. The Bertz CT molecular complexity index is 1450. The molecular formula is C32H43ClN4O5S. The number of benzene rings is 2. The molecule has 1 saturated carbocycles. The first-order valence-corrected chi connectivity index (χ1v) is 16.6. The van der Waals surface area contributed by atoms with Gasteiger partial charge in [0.05, 0.1) is 29.2 Å². The van der Waals surface area contributed by atoms with Crippen LogP contribution in [0, 0.1) is 0 Å². The Hall–Kier alpha value is -2.76. The third kappa shape index (κ3) is 7.15. The first-order valence-electron chi connectivity index (χ1n) is 14.8. The Morgan fingerprint density at radius 2 is 1.79 bits per heavy atom. The van der Waals surface area contributed by atoms with Crippen LogP contribution in [0.1, 0.15) is 64.0 Å². The molecule has 1 fully saturated rings. The molecule has 234 valence electrons. The normalized spacial score (nSPS) is 18.9. The molecular weight excluding hydrogens is 588 g/mol. The van der Waals surface area contributed by atoms with E-state index in [1.807, 2.05) is 37.3 Å². The van der Waals surface area contributed by atoms with Crippen LogP contribution in [0.5, 0.6) is 0 Å². The molecule has 0 radical (unpaired) electrons. The molecule has 2 aromatic carbocycles. The summed E-state index contributed by atoms with van der Waals surface area (Å²) in [6.45, 7) is 5.54. The fourth-order valence-electron chi connectivity index (χ4n) is 5.99. The number of carbonyl (C=O) groups is 2. The van der Waals surface area contributed by atoms with E-state index < -0.39 is 33.1 Å². The second-order valence-electron chi connectivity index (χ2n) is 12.0. The molecule has 0 aromatic heterocycles. The molecule has 1 spiro atoms. The number of sulfonamides is 1. The maximum absolute atomic E-state index is 14.2. The van der Waals surface area contributed by atoms with Crippen molar-refractivity contribution in [3.8, 4) is 0 Å². The quantitative estimate of drug-likeness (QED) is 0.381. The summed E-state index contributed by atoms with van der Waals surface area (Å²) in [7, 11) is -2.23. The number of nitrogens with one attached hydrogen (secondary N) is 1. The zero-order chi connectivity index (χ0) is 31.4. The maximum atomic E-state index is 14.2. The van der Waals surface area contributed by atoms with Gasteiger partial charge < -0.3 is 20.7 Å². The van der Waals surface area contributed by atoms with E-state index in [1.165, 1.54) is 4.31 Å². The Balaban J connectivity index is 1.71. The molecule has 0 bridgehead atoms. The predicted molar refractivity (Wildman–Crippen MR) is 169 cm³/mol. The van der Waals surface area contributed by atoms with E-state index in [-0.39, 0.29) is 30.6 Å². The zero-order valence-electron chi connectivity index (χ0n) is 25.4. The number of hydrogen-bond donors (Lipinski definition) is 2. The summed E-state index contributed by atoms with van der Waals surface area (Å²) in [6.07, 6.45) is 4.10. The lowest BCUT2D eigenvalue weighted by molar-refractivity contribution is -0.139. The lowest BCUT2D eigenvalue weighted by Gasteiger charge is -2.42. The van der Waals surface area contributed by atoms with Gasteiger partial charge in [-0.3, -0.25) is 9.59 Å². The van der Waals surface area contributed by atoms with Crippen LogP contribution in [0.4, 0.5) is 0 Å².